The van der Waals surface area contributed by atoms with Gasteiger partial charge in [-0.15, -0.1) is 0 Å². The van der Waals surface area contributed by atoms with E-state index in [4.69, 9.17) is 0 Å². The predicted octanol–water partition coefficient (Wildman–Crippen LogP) is 1.85. The Kier molecular flexibility index (Phi) is 4.30. The van der Waals surface area contributed by atoms with E-state index in [0.717, 1.165) is 0 Å². The number of hydrogen-bond acceptors (Lipinski definition) is 4. The van der Waals surface area contributed by atoms with Gasteiger partial charge in [0.25, 0.3) is 15.9 Å². The minimum Gasteiger partial charge on any atom is -0.348 e. The number of hydrogen-bond donors (Lipinski definition) is 1. The van der Waals surface area contributed by atoms with E-state index < -0.39 is 40.2 Å². The van der Waals surface area contributed by atoms with Gasteiger partial charge >= 0.3 is 0 Å². The summed E-state index contributed by atoms with van der Waals surface area (Å²) in [6.07, 6.45) is 0. The number of halogens is 1. The Labute approximate surface area is 144 Å². The minimum absolute atomic E-state index is 0.0573. The summed E-state index contributed by atoms with van der Waals surface area (Å²) in [5.41, 5.74) is 0.718. The molecule has 0 saturated carbocycles. The first-order valence-corrected chi connectivity index (χ1v) is 8.95. The highest BCUT2D eigenvalue weighted by molar-refractivity contribution is 7.90. The zero-order chi connectivity index (χ0) is 18.2. The fourth-order valence-electron chi connectivity index (χ4n) is 2.64. The predicted molar refractivity (Wildman–Crippen MR) is 87.6 cm³/mol. The van der Waals surface area contributed by atoms with Crippen LogP contribution in [0.4, 0.5) is 4.39 Å². The van der Waals surface area contributed by atoms with Crippen molar-refractivity contribution in [3.8, 4) is 0 Å². The van der Waals surface area contributed by atoms with Crippen molar-refractivity contribution in [3.05, 3.63) is 65.5 Å². The van der Waals surface area contributed by atoms with Crippen LogP contribution in [0.25, 0.3) is 0 Å². The highest BCUT2D eigenvalue weighted by atomic mass is 32.2. The summed E-state index contributed by atoms with van der Waals surface area (Å²) in [5.74, 6) is -1.74. The maximum Gasteiger partial charge on any atom is 0.269 e. The van der Waals surface area contributed by atoms with Gasteiger partial charge in [0.2, 0.25) is 5.91 Å². The minimum atomic E-state index is -4.02. The number of carbonyl (C=O) groups is 2. The molecule has 0 spiro atoms. The molecule has 8 heteroatoms. The van der Waals surface area contributed by atoms with Crippen molar-refractivity contribution in [2.45, 2.75) is 17.9 Å². The number of nitrogens with one attached hydrogen (secondary N) is 1. The van der Waals surface area contributed by atoms with E-state index >= 15 is 0 Å². The van der Waals surface area contributed by atoms with E-state index in [0.29, 0.717) is 9.87 Å². The molecule has 1 N–H and O–H groups in total. The third-order valence-corrected chi connectivity index (χ3v) is 5.73. The number of fused-ring (bicyclic) bond motifs is 1. The Hall–Kier alpha value is -2.74. The summed E-state index contributed by atoms with van der Waals surface area (Å²) in [7, 11) is -4.02. The Balaban J connectivity index is 1.73. The first-order valence-electron chi connectivity index (χ1n) is 7.51. The molecule has 0 aliphatic carbocycles. The second kappa shape index (κ2) is 6.29. The molecule has 0 bridgehead atoms. The fraction of sp³-hybridized carbons (Fsp3) is 0.176. The third-order valence-electron chi connectivity index (χ3n) is 3.95. The number of rotatable bonds is 4. The van der Waals surface area contributed by atoms with E-state index in [-0.39, 0.29) is 10.5 Å². The maximum absolute atomic E-state index is 12.9. The lowest BCUT2D eigenvalue weighted by molar-refractivity contribution is -0.121. The van der Waals surface area contributed by atoms with Crippen molar-refractivity contribution in [1.82, 2.24) is 9.62 Å². The normalized spacial score (nSPS) is 16.4. The van der Waals surface area contributed by atoms with Crippen LogP contribution in [0.3, 0.4) is 0 Å². The molecule has 0 fully saturated rings. The van der Waals surface area contributed by atoms with Gasteiger partial charge in [0.1, 0.15) is 17.3 Å². The molecule has 130 valence electrons. The Morgan fingerprint density at radius 1 is 1.16 bits per heavy atom. The molecule has 0 radical (unpaired) electrons. The summed E-state index contributed by atoms with van der Waals surface area (Å²) in [5, 5.41) is 2.61. The highest BCUT2D eigenvalue weighted by Crippen LogP contribution is 2.29. The topological polar surface area (TPSA) is 83.6 Å². The zero-order valence-corrected chi connectivity index (χ0v) is 14.1. The molecule has 2 amide bonds. The Morgan fingerprint density at radius 3 is 2.44 bits per heavy atom. The number of carbonyl (C=O) groups excluding carboxylic acids is 2. The number of amides is 2. The second-order valence-electron chi connectivity index (χ2n) is 5.65. The Morgan fingerprint density at radius 2 is 1.80 bits per heavy atom. The molecule has 6 nitrogen and oxygen atoms in total. The molecule has 0 unspecified atom stereocenters. The summed E-state index contributed by atoms with van der Waals surface area (Å²) >= 11 is 0. The smallest absolute Gasteiger partial charge is 0.269 e. The van der Waals surface area contributed by atoms with Crippen LogP contribution in [0.1, 0.15) is 28.9 Å². The molecule has 3 rings (SSSR count). The SMILES string of the molecule is C[C@@H](NC(=O)CN1C(=O)c2ccccc2S1(=O)=O)c1ccc(F)cc1. The number of nitrogens with zero attached hydrogens (tertiary/aromatic N) is 1. The van der Waals surface area contributed by atoms with Crippen LogP contribution in [0.5, 0.6) is 0 Å². The summed E-state index contributed by atoms with van der Waals surface area (Å²) < 4.78 is 38.3. The molecule has 1 aliphatic rings. The third kappa shape index (κ3) is 3.12. The van der Waals surface area contributed by atoms with Crippen LogP contribution in [-0.4, -0.2) is 31.1 Å². The molecular weight excluding hydrogens is 347 g/mol. The average molecular weight is 362 g/mol. The molecule has 1 aliphatic heterocycles. The van der Waals surface area contributed by atoms with E-state index in [1.165, 1.54) is 42.5 Å². The maximum atomic E-state index is 12.9. The van der Waals surface area contributed by atoms with E-state index in [2.05, 4.69) is 5.32 Å². The monoisotopic (exact) mass is 362 g/mol. The van der Waals surface area contributed by atoms with E-state index in [9.17, 15) is 22.4 Å². The largest absolute Gasteiger partial charge is 0.348 e. The summed E-state index contributed by atoms with van der Waals surface area (Å²) in [4.78, 5) is 24.4. The van der Waals surface area contributed by atoms with Crippen molar-refractivity contribution in [2.24, 2.45) is 0 Å². The molecule has 1 atom stereocenters. The highest BCUT2D eigenvalue weighted by Gasteiger charge is 2.41. The number of benzene rings is 2. The van der Waals surface area contributed by atoms with Gasteiger partial charge in [-0.25, -0.2) is 17.1 Å². The van der Waals surface area contributed by atoms with Crippen LogP contribution in [-0.2, 0) is 14.8 Å². The van der Waals surface area contributed by atoms with Crippen molar-refractivity contribution < 1.29 is 22.4 Å². The molecule has 2 aromatic rings. The van der Waals surface area contributed by atoms with Crippen molar-refractivity contribution in [3.63, 3.8) is 0 Å². The molecule has 0 aromatic heterocycles. The second-order valence-corrected chi connectivity index (χ2v) is 7.48. The van der Waals surface area contributed by atoms with Gasteiger partial charge in [0, 0.05) is 0 Å². The first kappa shape index (κ1) is 17.1. The average Bonchev–Trinajstić information content (AvgIpc) is 2.77. The molecule has 1 heterocycles. The standard InChI is InChI=1S/C17H15FN2O4S/c1-11(12-6-8-13(18)9-7-12)19-16(21)10-20-17(22)14-4-2-3-5-15(14)25(20,23)24/h2-9,11H,10H2,1H3,(H,19,21)/t11-/m1/s1. The van der Waals surface area contributed by atoms with E-state index in [1.54, 1.807) is 13.0 Å². The first-order chi connectivity index (χ1) is 11.8. The van der Waals surface area contributed by atoms with Gasteiger partial charge in [0.15, 0.2) is 0 Å². The van der Waals surface area contributed by atoms with Crippen molar-refractivity contribution >= 4 is 21.8 Å². The van der Waals surface area contributed by atoms with Crippen LogP contribution < -0.4 is 5.32 Å². The summed E-state index contributed by atoms with van der Waals surface area (Å²) in [6.45, 7) is 1.07. The van der Waals surface area contributed by atoms with Gasteiger partial charge in [-0.3, -0.25) is 9.59 Å². The van der Waals surface area contributed by atoms with Gasteiger partial charge in [0.05, 0.1) is 11.6 Å². The molecular formula is C17H15FN2O4S. The summed E-state index contributed by atoms with van der Waals surface area (Å²) in [6, 6.07) is 10.9. The molecule has 0 saturated heterocycles. The van der Waals surface area contributed by atoms with Gasteiger partial charge < -0.3 is 5.32 Å². The van der Waals surface area contributed by atoms with Crippen LogP contribution in [0.15, 0.2) is 53.4 Å². The lowest BCUT2D eigenvalue weighted by Crippen LogP contribution is -2.41. The number of sulfonamides is 1. The lowest BCUT2D eigenvalue weighted by atomic mass is 10.1. The van der Waals surface area contributed by atoms with Crippen LogP contribution >= 0.6 is 0 Å². The van der Waals surface area contributed by atoms with Crippen LogP contribution in [0.2, 0.25) is 0 Å². The quantitative estimate of drug-likeness (QED) is 0.900. The molecule has 25 heavy (non-hydrogen) atoms. The lowest BCUT2D eigenvalue weighted by Gasteiger charge is -2.18. The van der Waals surface area contributed by atoms with Gasteiger partial charge in [-0.1, -0.05) is 24.3 Å². The van der Waals surface area contributed by atoms with E-state index in [1.807, 2.05) is 0 Å². The fourth-order valence-corrected chi connectivity index (χ4v) is 4.16. The molecule has 2 aromatic carbocycles. The zero-order valence-electron chi connectivity index (χ0n) is 13.3. The van der Waals surface area contributed by atoms with Gasteiger partial charge in [-0.05, 0) is 36.8 Å². The van der Waals surface area contributed by atoms with Crippen molar-refractivity contribution in [2.75, 3.05) is 6.54 Å². The van der Waals surface area contributed by atoms with Crippen LogP contribution in [0, 0.1) is 5.82 Å². The van der Waals surface area contributed by atoms with Gasteiger partial charge in [-0.2, -0.15) is 0 Å². The Bertz CT molecular complexity index is 941. The van der Waals surface area contributed by atoms with Crippen molar-refractivity contribution in [1.29, 1.82) is 0 Å².